The minimum atomic E-state index is -0.574. The van der Waals surface area contributed by atoms with Crippen molar-refractivity contribution in [2.75, 3.05) is 7.11 Å². The van der Waals surface area contributed by atoms with E-state index in [1.165, 1.54) is 13.5 Å². The van der Waals surface area contributed by atoms with E-state index in [1.54, 1.807) is 0 Å². The van der Waals surface area contributed by atoms with E-state index in [0.717, 1.165) is 19.3 Å². The average Bonchev–Trinajstić information content (AvgIpc) is 2.28. The summed E-state index contributed by atoms with van der Waals surface area (Å²) >= 11 is 0. The van der Waals surface area contributed by atoms with Gasteiger partial charge in [0.2, 0.25) is 0 Å². The highest BCUT2D eigenvalue weighted by atomic mass is 16.5. The fourth-order valence-corrected chi connectivity index (χ4v) is 2.79. The summed E-state index contributed by atoms with van der Waals surface area (Å²) in [6.07, 6.45) is 4.17. The predicted molar refractivity (Wildman–Crippen MR) is 66.5 cm³/mol. The Labute approximate surface area is 104 Å². The average molecular weight is 240 g/mol. The van der Waals surface area contributed by atoms with Crippen LogP contribution in [0.2, 0.25) is 0 Å². The zero-order chi connectivity index (χ0) is 13.0. The second kappa shape index (κ2) is 6.18. The number of Topliss-reactive ketones (excluding diaryl/α,β-unsaturated/α-hetero) is 1. The number of ether oxygens (including phenoxy) is 1. The van der Waals surface area contributed by atoms with Crippen molar-refractivity contribution in [3.05, 3.63) is 0 Å². The number of hydrogen-bond acceptors (Lipinski definition) is 3. The lowest BCUT2D eigenvalue weighted by atomic mass is 9.75. The van der Waals surface area contributed by atoms with Crippen molar-refractivity contribution in [3.63, 3.8) is 0 Å². The Hall–Kier alpha value is -0.860. The molecule has 0 heterocycles. The molecule has 3 unspecified atom stereocenters. The van der Waals surface area contributed by atoms with Crippen LogP contribution in [0.4, 0.5) is 0 Å². The van der Waals surface area contributed by atoms with Crippen LogP contribution in [0.25, 0.3) is 0 Å². The standard InChI is InChI=1S/C14H24O3/c1-9(2)12(14(16)17-4)13(15)11-7-5-6-10(3)8-11/h9-12H,5-8H2,1-4H3. The van der Waals surface area contributed by atoms with Gasteiger partial charge in [0, 0.05) is 5.92 Å². The normalized spacial score (nSPS) is 26.6. The fourth-order valence-electron chi connectivity index (χ4n) is 2.79. The van der Waals surface area contributed by atoms with Gasteiger partial charge in [0.1, 0.15) is 11.7 Å². The minimum Gasteiger partial charge on any atom is -0.468 e. The molecular weight excluding hydrogens is 216 g/mol. The quantitative estimate of drug-likeness (QED) is 0.560. The maximum atomic E-state index is 12.4. The van der Waals surface area contributed by atoms with Crippen LogP contribution >= 0.6 is 0 Å². The third-order valence-electron chi connectivity index (χ3n) is 3.77. The van der Waals surface area contributed by atoms with Crippen molar-refractivity contribution >= 4 is 11.8 Å². The molecule has 1 saturated carbocycles. The summed E-state index contributed by atoms with van der Waals surface area (Å²) < 4.78 is 4.75. The molecule has 1 aliphatic rings. The first kappa shape index (κ1) is 14.2. The molecule has 0 aromatic carbocycles. The van der Waals surface area contributed by atoms with Gasteiger partial charge in [-0.1, -0.05) is 33.6 Å². The molecule has 3 heteroatoms. The first-order valence-corrected chi connectivity index (χ1v) is 6.59. The molecule has 0 radical (unpaired) electrons. The Kier molecular flexibility index (Phi) is 5.16. The molecule has 3 nitrogen and oxygen atoms in total. The van der Waals surface area contributed by atoms with E-state index < -0.39 is 5.92 Å². The van der Waals surface area contributed by atoms with Crippen LogP contribution in [0.3, 0.4) is 0 Å². The van der Waals surface area contributed by atoms with Gasteiger partial charge in [-0.15, -0.1) is 0 Å². The van der Waals surface area contributed by atoms with E-state index in [0.29, 0.717) is 5.92 Å². The van der Waals surface area contributed by atoms with Gasteiger partial charge in [-0.25, -0.2) is 0 Å². The van der Waals surface area contributed by atoms with Crippen LogP contribution in [0.1, 0.15) is 46.5 Å². The van der Waals surface area contributed by atoms with Crippen molar-refractivity contribution in [1.82, 2.24) is 0 Å². The Morgan fingerprint density at radius 3 is 2.35 bits per heavy atom. The second-order valence-corrected chi connectivity index (χ2v) is 5.62. The maximum Gasteiger partial charge on any atom is 0.316 e. The SMILES string of the molecule is COC(=O)C(C(=O)C1CCCC(C)C1)C(C)C. The molecule has 0 spiro atoms. The minimum absolute atomic E-state index is 0.0205. The molecule has 17 heavy (non-hydrogen) atoms. The second-order valence-electron chi connectivity index (χ2n) is 5.62. The van der Waals surface area contributed by atoms with Gasteiger partial charge in [-0.05, 0) is 24.7 Å². The molecule has 0 bridgehead atoms. The van der Waals surface area contributed by atoms with Crippen molar-refractivity contribution in [3.8, 4) is 0 Å². The number of carbonyl (C=O) groups excluding carboxylic acids is 2. The fraction of sp³-hybridized carbons (Fsp3) is 0.857. The maximum absolute atomic E-state index is 12.4. The topological polar surface area (TPSA) is 43.4 Å². The molecule has 1 fully saturated rings. The van der Waals surface area contributed by atoms with Crippen molar-refractivity contribution in [2.24, 2.45) is 23.7 Å². The van der Waals surface area contributed by atoms with Gasteiger partial charge in [-0.3, -0.25) is 9.59 Å². The zero-order valence-corrected chi connectivity index (χ0v) is 11.4. The van der Waals surface area contributed by atoms with Gasteiger partial charge < -0.3 is 4.74 Å². The van der Waals surface area contributed by atoms with Crippen LogP contribution in [-0.4, -0.2) is 18.9 Å². The molecule has 1 rings (SSSR count). The van der Waals surface area contributed by atoms with Crippen molar-refractivity contribution in [1.29, 1.82) is 0 Å². The van der Waals surface area contributed by atoms with Gasteiger partial charge in [0.15, 0.2) is 0 Å². The van der Waals surface area contributed by atoms with Crippen LogP contribution < -0.4 is 0 Å². The van der Waals surface area contributed by atoms with E-state index in [-0.39, 0.29) is 23.6 Å². The van der Waals surface area contributed by atoms with Crippen LogP contribution in [0.15, 0.2) is 0 Å². The molecule has 0 saturated heterocycles. The first-order valence-electron chi connectivity index (χ1n) is 6.59. The van der Waals surface area contributed by atoms with E-state index in [9.17, 15) is 9.59 Å². The molecule has 1 aliphatic carbocycles. The molecular formula is C14H24O3. The Balaban J connectivity index is 2.73. The lowest BCUT2D eigenvalue weighted by Gasteiger charge is -2.29. The third-order valence-corrected chi connectivity index (χ3v) is 3.77. The monoisotopic (exact) mass is 240 g/mol. The summed E-state index contributed by atoms with van der Waals surface area (Å²) in [5.41, 5.74) is 0. The van der Waals surface area contributed by atoms with Crippen molar-refractivity contribution < 1.29 is 14.3 Å². The Morgan fingerprint density at radius 2 is 1.88 bits per heavy atom. The van der Waals surface area contributed by atoms with Gasteiger partial charge >= 0.3 is 5.97 Å². The summed E-state index contributed by atoms with van der Waals surface area (Å²) in [5.74, 6) is -0.169. The molecule has 3 atom stereocenters. The molecule has 98 valence electrons. The zero-order valence-electron chi connectivity index (χ0n) is 11.4. The summed E-state index contributed by atoms with van der Waals surface area (Å²) in [5, 5.41) is 0. The first-order chi connectivity index (χ1) is 7.97. The van der Waals surface area contributed by atoms with Crippen molar-refractivity contribution in [2.45, 2.75) is 46.5 Å². The highest BCUT2D eigenvalue weighted by molar-refractivity contribution is 6.00. The highest BCUT2D eigenvalue weighted by Gasteiger charge is 2.36. The van der Waals surface area contributed by atoms with Crippen LogP contribution in [0, 0.1) is 23.7 Å². The van der Waals surface area contributed by atoms with Crippen LogP contribution in [0.5, 0.6) is 0 Å². The third kappa shape index (κ3) is 3.55. The number of rotatable bonds is 4. The predicted octanol–water partition coefficient (Wildman–Crippen LogP) is 2.83. The molecule has 0 N–H and O–H groups in total. The van der Waals surface area contributed by atoms with Gasteiger partial charge in [-0.2, -0.15) is 0 Å². The van der Waals surface area contributed by atoms with Gasteiger partial charge in [0.05, 0.1) is 7.11 Å². The molecule has 0 aromatic rings. The number of ketones is 1. The Morgan fingerprint density at radius 1 is 1.24 bits per heavy atom. The summed E-state index contributed by atoms with van der Waals surface area (Å²) in [6, 6.07) is 0. The number of hydrogen-bond donors (Lipinski definition) is 0. The summed E-state index contributed by atoms with van der Waals surface area (Å²) in [6.45, 7) is 6.00. The number of carbonyl (C=O) groups is 2. The van der Waals surface area contributed by atoms with E-state index in [4.69, 9.17) is 4.74 Å². The summed E-state index contributed by atoms with van der Waals surface area (Å²) in [7, 11) is 1.36. The number of methoxy groups -OCH3 is 1. The molecule has 0 aliphatic heterocycles. The smallest absolute Gasteiger partial charge is 0.316 e. The Bertz CT molecular complexity index is 283. The van der Waals surface area contributed by atoms with Gasteiger partial charge in [0.25, 0.3) is 0 Å². The molecule has 0 aromatic heterocycles. The van der Waals surface area contributed by atoms with E-state index >= 15 is 0 Å². The van der Waals surface area contributed by atoms with E-state index in [1.807, 2.05) is 13.8 Å². The number of esters is 1. The highest BCUT2D eigenvalue weighted by Crippen LogP contribution is 2.32. The summed E-state index contributed by atoms with van der Waals surface area (Å²) in [4.78, 5) is 24.1. The lowest BCUT2D eigenvalue weighted by Crippen LogP contribution is -2.36. The van der Waals surface area contributed by atoms with E-state index in [2.05, 4.69) is 6.92 Å². The van der Waals surface area contributed by atoms with Crippen LogP contribution in [-0.2, 0) is 14.3 Å². The lowest BCUT2D eigenvalue weighted by molar-refractivity contribution is -0.152. The molecule has 0 amide bonds. The largest absolute Gasteiger partial charge is 0.468 e.